The minimum absolute atomic E-state index is 0.145. The number of nitrogens with one attached hydrogen (secondary N) is 1. The van der Waals surface area contributed by atoms with Crippen molar-refractivity contribution in [1.82, 2.24) is 10.2 Å². The standard InChI is InChI=1S/C14H28N2O2/c1-15-14-4-2-3-12(14)11-16-7-5-13(6-8-16)18-10-9-17/h12-15,17H,2-11H2,1H3. The first-order valence-electron chi connectivity index (χ1n) is 7.45. The molecule has 2 aliphatic rings. The number of hydrogen-bond donors (Lipinski definition) is 2. The van der Waals surface area contributed by atoms with Gasteiger partial charge < -0.3 is 20.1 Å². The van der Waals surface area contributed by atoms with Gasteiger partial charge in [-0.05, 0) is 38.6 Å². The predicted octanol–water partition coefficient (Wildman–Crippen LogP) is 0.848. The van der Waals surface area contributed by atoms with Gasteiger partial charge in [-0.3, -0.25) is 0 Å². The van der Waals surface area contributed by atoms with Crippen molar-refractivity contribution in [3.05, 3.63) is 0 Å². The van der Waals surface area contributed by atoms with Crippen LogP contribution in [0, 0.1) is 5.92 Å². The van der Waals surface area contributed by atoms with Crippen LogP contribution in [0.4, 0.5) is 0 Å². The highest BCUT2D eigenvalue weighted by molar-refractivity contribution is 4.85. The van der Waals surface area contributed by atoms with E-state index >= 15 is 0 Å². The minimum Gasteiger partial charge on any atom is -0.394 e. The Hall–Kier alpha value is -0.160. The van der Waals surface area contributed by atoms with Crippen LogP contribution in [0.15, 0.2) is 0 Å². The average Bonchev–Trinajstić information content (AvgIpc) is 2.85. The Morgan fingerprint density at radius 1 is 1.22 bits per heavy atom. The highest BCUT2D eigenvalue weighted by Gasteiger charge is 2.29. The zero-order chi connectivity index (χ0) is 12.8. The summed E-state index contributed by atoms with van der Waals surface area (Å²) in [5.41, 5.74) is 0. The van der Waals surface area contributed by atoms with E-state index in [1.165, 1.54) is 25.8 Å². The van der Waals surface area contributed by atoms with E-state index in [4.69, 9.17) is 9.84 Å². The second kappa shape index (κ2) is 7.43. The molecule has 4 nitrogen and oxygen atoms in total. The molecule has 0 aromatic carbocycles. The van der Waals surface area contributed by atoms with Gasteiger partial charge in [0.2, 0.25) is 0 Å². The molecule has 1 heterocycles. The van der Waals surface area contributed by atoms with Crippen molar-refractivity contribution in [2.45, 2.75) is 44.2 Å². The van der Waals surface area contributed by atoms with Crippen LogP contribution in [0.1, 0.15) is 32.1 Å². The molecule has 2 fully saturated rings. The molecule has 0 amide bonds. The molecule has 0 bridgehead atoms. The second-order valence-corrected chi connectivity index (χ2v) is 5.68. The maximum atomic E-state index is 8.75. The topological polar surface area (TPSA) is 44.7 Å². The van der Waals surface area contributed by atoms with Crippen molar-refractivity contribution < 1.29 is 9.84 Å². The van der Waals surface area contributed by atoms with E-state index in [1.807, 2.05) is 0 Å². The summed E-state index contributed by atoms with van der Waals surface area (Å²) in [6, 6.07) is 0.730. The molecule has 1 saturated heterocycles. The number of likely N-dealkylation sites (tertiary alicyclic amines) is 1. The van der Waals surface area contributed by atoms with Gasteiger partial charge in [-0.2, -0.15) is 0 Å². The Labute approximate surface area is 111 Å². The number of aliphatic hydroxyl groups is 1. The second-order valence-electron chi connectivity index (χ2n) is 5.68. The van der Waals surface area contributed by atoms with Crippen molar-refractivity contribution in [3.63, 3.8) is 0 Å². The summed E-state index contributed by atoms with van der Waals surface area (Å²) in [7, 11) is 2.10. The van der Waals surface area contributed by atoms with Crippen molar-refractivity contribution in [2.24, 2.45) is 5.92 Å². The molecule has 0 radical (unpaired) electrons. The molecular weight excluding hydrogens is 228 g/mol. The number of ether oxygens (including phenoxy) is 1. The molecule has 1 aliphatic carbocycles. The maximum Gasteiger partial charge on any atom is 0.0701 e. The van der Waals surface area contributed by atoms with E-state index in [9.17, 15) is 0 Å². The van der Waals surface area contributed by atoms with Gasteiger partial charge in [0, 0.05) is 25.7 Å². The molecule has 2 atom stereocenters. The Bertz CT molecular complexity index is 230. The molecular formula is C14H28N2O2. The normalized spacial score (nSPS) is 31.0. The van der Waals surface area contributed by atoms with Crippen LogP contribution in [-0.4, -0.2) is 62.0 Å². The zero-order valence-electron chi connectivity index (χ0n) is 11.6. The quantitative estimate of drug-likeness (QED) is 0.739. The van der Waals surface area contributed by atoms with Crippen molar-refractivity contribution in [2.75, 3.05) is 39.9 Å². The third kappa shape index (κ3) is 3.92. The fourth-order valence-electron chi connectivity index (χ4n) is 3.44. The van der Waals surface area contributed by atoms with Crippen molar-refractivity contribution in [3.8, 4) is 0 Å². The van der Waals surface area contributed by atoms with Crippen LogP contribution in [0.2, 0.25) is 0 Å². The molecule has 2 unspecified atom stereocenters. The van der Waals surface area contributed by atoms with E-state index in [2.05, 4.69) is 17.3 Å². The summed E-state index contributed by atoms with van der Waals surface area (Å²) in [6.45, 7) is 4.20. The zero-order valence-corrected chi connectivity index (χ0v) is 11.6. The molecule has 106 valence electrons. The molecule has 0 spiro atoms. The van der Waals surface area contributed by atoms with Gasteiger partial charge >= 0.3 is 0 Å². The van der Waals surface area contributed by atoms with E-state index < -0.39 is 0 Å². The molecule has 2 rings (SSSR count). The van der Waals surface area contributed by atoms with E-state index in [0.29, 0.717) is 12.7 Å². The maximum absolute atomic E-state index is 8.75. The number of aliphatic hydroxyl groups excluding tert-OH is 1. The van der Waals surface area contributed by atoms with Gasteiger partial charge in [0.1, 0.15) is 0 Å². The average molecular weight is 256 g/mol. The number of rotatable bonds is 6. The molecule has 0 aromatic heterocycles. The van der Waals surface area contributed by atoms with Crippen molar-refractivity contribution in [1.29, 1.82) is 0 Å². The van der Waals surface area contributed by atoms with Gasteiger partial charge in [-0.1, -0.05) is 6.42 Å². The van der Waals surface area contributed by atoms with E-state index in [-0.39, 0.29) is 6.61 Å². The summed E-state index contributed by atoms with van der Waals surface area (Å²) in [5.74, 6) is 0.838. The summed E-state index contributed by atoms with van der Waals surface area (Å²) < 4.78 is 5.60. The lowest BCUT2D eigenvalue weighted by Crippen LogP contribution is -2.43. The SMILES string of the molecule is CNC1CCCC1CN1CCC(OCCO)CC1. The molecule has 18 heavy (non-hydrogen) atoms. The monoisotopic (exact) mass is 256 g/mol. The first kappa shape index (κ1) is 14.3. The van der Waals surface area contributed by atoms with E-state index in [0.717, 1.165) is 37.9 Å². The Balaban J connectivity index is 1.67. The molecule has 2 N–H and O–H groups in total. The largest absolute Gasteiger partial charge is 0.394 e. The minimum atomic E-state index is 0.145. The van der Waals surface area contributed by atoms with Crippen LogP contribution in [0.5, 0.6) is 0 Å². The number of hydrogen-bond acceptors (Lipinski definition) is 4. The first-order valence-corrected chi connectivity index (χ1v) is 7.45. The predicted molar refractivity (Wildman–Crippen MR) is 72.7 cm³/mol. The molecule has 1 aliphatic heterocycles. The molecule has 4 heteroatoms. The Morgan fingerprint density at radius 3 is 2.67 bits per heavy atom. The van der Waals surface area contributed by atoms with Crippen LogP contribution in [0.3, 0.4) is 0 Å². The Kier molecular flexibility index (Phi) is 5.89. The van der Waals surface area contributed by atoms with Crippen LogP contribution >= 0.6 is 0 Å². The molecule has 0 aromatic rings. The highest BCUT2D eigenvalue weighted by atomic mass is 16.5. The third-order valence-corrected chi connectivity index (χ3v) is 4.50. The lowest BCUT2D eigenvalue weighted by atomic mass is 10.0. The van der Waals surface area contributed by atoms with Gasteiger partial charge in [0.05, 0.1) is 19.3 Å². The van der Waals surface area contributed by atoms with Gasteiger partial charge in [-0.15, -0.1) is 0 Å². The third-order valence-electron chi connectivity index (χ3n) is 4.50. The van der Waals surface area contributed by atoms with Gasteiger partial charge in [-0.25, -0.2) is 0 Å². The number of nitrogens with zero attached hydrogens (tertiary/aromatic N) is 1. The molecule has 1 saturated carbocycles. The van der Waals surface area contributed by atoms with Crippen LogP contribution in [-0.2, 0) is 4.74 Å². The fraction of sp³-hybridized carbons (Fsp3) is 1.00. The van der Waals surface area contributed by atoms with Gasteiger partial charge in [0.15, 0.2) is 0 Å². The Morgan fingerprint density at radius 2 is 2.00 bits per heavy atom. The number of piperidine rings is 1. The van der Waals surface area contributed by atoms with Crippen LogP contribution < -0.4 is 5.32 Å². The van der Waals surface area contributed by atoms with Crippen LogP contribution in [0.25, 0.3) is 0 Å². The summed E-state index contributed by atoms with van der Waals surface area (Å²) in [6.07, 6.45) is 6.72. The fourth-order valence-corrected chi connectivity index (χ4v) is 3.44. The lowest BCUT2D eigenvalue weighted by Gasteiger charge is -2.34. The highest BCUT2D eigenvalue weighted by Crippen LogP contribution is 2.27. The van der Waals surface area contributed by atoms with Gasteiger partial charge in [0.25, 0.3) is 0 Å². The smallest absolute Gasteiger partial charge is 0.0701 e. The van der Waals surface area contributed by atoms with E-state index in [1.54, 1.807) is 0 Å². The van der Waals surface area contributed by atoms with Crippen molar-refractivity contribution >= 4 is 0 Å². The lowest BCUT2D eigenvalue weighted by molar-refractivity contribution is -0.0103. The summed E-state index contributed by atoms with van der Waals surface area (Å²) in [4.78, 5) is 2.60. The summed E-state index contributed by atoms with van der Waals surface area (Å²) in [5, 5.41) is 12.2. The summed E-state index contributed by atoms with van der Waals surface area (Å²) >= 11 is 0. The first-order chi connectivity index (χ1) is 8.83.